The Morgan fingerprint density at radius 1 is 1.05 bits per heavy atom. The Labute approximate surface area is 123 Å². The Kier molecular flexibility index (Phi) is 2.97. The summed E-state index contributed by atoms with van der Waals surface area (Å²) in [4.78, 5) is 6.82. The lowest BCUT2D eigenvalue weighted by molar-refractivity contribution is 1.18. The highest BCUT2D eigenvalue weighted by Crippen LogP contribution is 2.38. The number of H-pyrrole nitrogens is 1. The number of rotatable bonds is 1. The van der Waals surface area contributed by atoms with E-state index in [9.17, 15) is 5.26 Å². The van der Waals surface area contributed by atoms with Crippen LogP contribution in [0.2, 0.25) is 0 Å². The molecule has 0 spiro atoms. The fourth-order valence-corrected chi connectivity index (χ4v) is 2.86. The quantitative estimate of drug-likeness (QED) is 0.630. The summed E-state index contributed by atoms with van der Waals surface area (Å²) in [5.74, 6) is 0. The van der Waals surface area contributed by atoms with Gasteiger partial charge in [0.15, 0.2) is 5.69 Å². The number of aryl methyl sites for hydroxylation is 2. The molecule has 0 amide bonds. The summed E-state index contributed by atoms with van der Waals surface area (Å²) >= 11 is 0. The average molecular weight is 271 g/mol. The standard InChI is InChI=1S/C18H13N3/c1-11-16(10-19)18(12(2)21-11)15-8-9-17(20-3)14-7-5-4-6-13(14)15/h4-9,21H,1-2H3. The second-order valence-corrected chi connectivity index (χ2v) is 5.03. The molecule has 0 atom stereocenters. The van der Waals surface area contributed by atoms with Crippen LogP contribution in [-0.2, 0) is 0 Å². The van der Waals surface area contributed by atoms with E-state index in [4.69, 9.17) is 6.57 Å². The molecule has 3 aromatic rings. The molecule has 0 saturated carbocycles. The highest BCUT2D eigenvalue weighted by Gasteiger charge is 2.16. The van der Waals surface area contributed by atoms with Gasteiger partial charge in [0.2, 0.25) is 0 Å². The summed E-state index contributed by atoms with van der Waals surface area (Å²) in [5.41, 5.74) is 5.10. The predicted octanol–water partition coefficient (Wildman–Crippen LogP) is 4.87. The van der Waals surface area contributed by atoms with Gasteiger partial charge in [-0.2, -0.15) is 5.26 Å². The van der Waals surface area contributed by atoms with Crippen LogP contribution in [0.3, 0.4) is 0 Å². The molecule has 3 heteroatoms. The number of nitrogens with one attached hydrogen (secondary N) is 1. The van der Waals surface area contributed by atoms with E-state index in [2.05, 4.69) is 15.9 Å². The van der Waals surface area contributed by atoms with E-state index in [1.807, 2.05) is 50.2 Å². The van der Waals surface area contributed by atoms with Crippen molar-refractivity contribution in [3.05, 3.63) is 64.8 Å². The highest BCUT2D eigenvalue weighted by molar-refractivity contribution is 6.04. The van der Waals surface area contributed by atoms with Crippen molar-refractivity contribution in [1.82, 2.24) is 4.98 Å². The smallest absolute Gasteiger partial charge is 0.194 e. The molecule has 0 aliphatic heterocycles. The van der Waals surface area contributed by atoms with E-state index in [-0.39, 0.29) is 0 Å². The third-order valence-corrected chi connectivity index (χ3v) is 3.78. The minimum atomic E-state index is 0.637. The predicted molar refractivity (Wildman–Crippen MR) is 84.2 cm³/mol. The summed E-state index contributed by atoms with van der Waals surface area (Å²) in [6.07, 6.45) is 0. The van der Waals surface area contributed by atoms with E-state index in [0.717, 1.165) is 33.3 Å². The molecule has 21 heavy (non-hydrogen) atoms. The fourth-order valence-electron chi connectivity index (χ4n) is 2.86. The maximum atomic E-state index is 9.43. The lowest BCUT2D eigenvalue weighted by Gasteiger charge is -2.09. The van der Waals surface area contributed by atoms with Crippen LogP contribution in [-0.4, -0.2) is 4.98 Å². The molecule has 0 saturated heterocycles. The minimum absolute atomic E-state index is 0.637. The van der Waals surface area contributed by atoms with Gasteiger partial charge in [-0.1, -0.05) is 36.4 Å². The normalized spacial score (nSPS) is 10.3. The zero-order valence-electron chi connectivity index (χ0n) is 11.9. The number of benzene rings is 2. The summed E-state index contributed by atoms with van der Waals surface area (Å²) in [7, 11) is 0. The van der Waals surface area contributed by atoms with Crippen LogP contribution >= 0.6 is 0 Å². The van der Waals surface area contributed by atoms with Crippen molar-refractivity contribution in [2.24, 2.45) is 0 Å². The van der Waals surface area contributed by atoms with Gasteiger partial charge in [-0.3, -0.25) is 0 Å². The molecule has 3 nitrogen and oxygen atoms in total. The van der Waals surface area contributed by atoms with Gasteiger partial charge in [0.05, 0.1) is 12.1 Å². The minimum Gasteiger partial charge on any atom is -0.361 e. The van der Waals surface area contributed by atoms with E-state index in [0.29, 0.717) is 11.3 Å². The van der Waals surface area contributed by atoms with Crippen LogP contribution in [0.5, 0.6) is 0 Å². The molecule has 1 aromatic heterocycles. The largest absolute Gasteiger partial charge is 0.361 e. The molecule has 0 radical (unpaired) electrons. The van der Waals surface area contributed by atoms with Crippen LogP contribution in [0.4, 0.5) is 5.69 Å². The number of hydrogen-bond donors (Lipinski definition) is 1. The van der Waals surface area contributed by atoms with Gasteiger partial charge in [-0.25, -0.2) is 4.85 Å². The van der Waals surface area contributed by atoms with Crippen LogP contribution in [0.25, 0.3) is 26.7 Å². The number of nitrogens with zero attached hydrogens (tertiary/aromatic N) is 2. The first-order valence-corrected chi connectivity index (χ1v) is 6.66. The van der Waals surface area contributed by atoms with E-state index in [1.54, 1.807) is 0 Å². The highest BCUT2D eigenvalue weighted by atomic mass is 14.7. The first-order chi connectivity index (χ1) is 10.2. The molecular weight excluding hydrogens is 258 g/mol. The monoisotopic (exact) mass is 271 g/mol. The number of fused-ring (bicyclic) bond motifs is 1. The fraction of sp³-hybridized carbons (Fsp3) is 0.111. The van der Waals surface area contributed by atoms with Crippen LogP contribution < -0.4 is 0 Å². The molecule has 2 aromatic carbocycles. The van der Waals surface area contributed by atoms with E-state index < -0.39 is 0 Å². The molecule has 1 heterocycles. The number of nitriles is 1. The first-order valence-electron chi connectivity index (χ1n) is 6.66. The SMILES string of the molecule is [C-]#[N+]c1ccc(-c2c(C)[nH]c(C)c2C#N)c2ccccc12. The first kappa shape index (κ1) is 13.0. The van der Waals surface area contributed by atoms with Crippen LogP contribution in [0.1, 0.15) is 17.0 Å². The van der Waals surface area contributed by atoms with Crippen molar-refractivity contribution in [3.63, 3.8) is 0 Å². The molecule has 0 fully saturated rings. The summed E-state index contributed by atoms with van der Waals surface area (Å²) in [6, 6.07) is 13.9. The van der Waals surface area contributed by atoms with Crippen molar-refractivity contribution in [3.8, 4) is 17.2 Å². The van der Waals surface area contributed by atoms with E-state index in [1.165, 1.54) is 0 Å². The van der Waals surface area contributed by atoms with Gasteiger partial charge in [0.1, 0.15) is 6.07 Å². The topological polar surface area (TPSA) is 43.9 Å². The Balaban J connectivity index is 2.44. The van der Waals surface area contributed by atoms with Gasteiger partial charge in [0, 0.05) is 17.0 Å². The summed E-state index contributed by atoms with van der Waals surface area (Å²) in [6.45, 7) is 11.2. The Morgan fingerprint density at radius 3 is 2.43 bits per heavy atom. The number of aromatic amines is 1. The molecule has 3 rings (SSSR count). The number of aromatic nitrogens is 1. The third-order valence-electron chi connectivity index (χ3n) is 3.78. The van der Waals surface area contributed by atoms with Gasteiger partial charge >= 0.3 is 0 Å². The zero-order chi connectivity index (χ0) is 15.0. The summed E-state index contributed by atoms with van der Waals surface area (Å²) in [5, 5.41) is 11.4. The van der Waals surface area contributed by atoms with Crippen LogP contribution in [0.15, 0.2) is 36.4 Å². The van der Waals surface area contributed by atoms with Gasteiger partial charge in [-0.15, -0.1) is 0 Å². The Hall–Kier alpha value is -3.04. The lowest BCUT2D eigenvalue weighted by Crippen LogP contribution is -1.86. The molecule has 0 bridgehead atoms. The van der Waals surface area contributed by atoms with Crippen LogP contribution in [0, 0.1) is 31.8 Å². The van der Waals surface area contributed by atoms with Gasteiger partial charge in [0.25, 0.3) is 0 Å². The third kappa shape index (κ3) is 1.88. The maximum absolute atomic E-state index is 9.43. The lowest BCUT2D eigenvalue weighted by atomic mass is 9.94. The zero-order valence-corrected chi connectivity index (χ0v) is 11.9. The maximum Gasteiger partial charge on any atom is 0.194 e. The Bertz CT molecular complexity index is 933. The second-order valence-electron chi connectivity index (χ2n) is 5.03. The van der Waals surface area contributed by atoms with Gasteiger partial charge < -0.3 is 4.98 Å². The van der Waals surface area contributed by atoms with Crippen molar-refractivity contribution >= 4 is 16.5 Å². The molecule has 0 unspecified atom stereocenters. The van der Waals surface area contributed by atoms with Gasteiger partial charge in [-0.05, 0) is 30.2 Å². The van der Waals surface area contributed by atoms with Crippen molar-refractivity contribution in [2.75, 3.05) is 0 Å². The van der Waals surface area contributed by atoms with Crippen molar-refractivity contribution < 1.29 is 0 Å². The molecule has 1 N–H and O–H groups in total. The Morgan fingerprint density at radius 2 is 1.76 bits per heavy atom. The van der Waals surface area contributed by atoms with Crippen molar-refractivity contribution in [2.45, 2.75) is 13.8 Å². The average Bonchev–Trinajstić information content (AvgIpc) is 2.79. The van der Waals surface area contributed by atoms with Crippen molar-refractivity contribution in [1.29, 1.82) is 5.26 Å². The second kappa shape index (κ2) is 4.81. The summed E-state index contributed by atoms with van der Waals surface area (Å²) < 4.78 is 0. The molecular formula is C18H13N3. The van der Waals surface area contributed by atoms with E-state index >= 15 is 0 Å². The molecule has 100 valence electrons. The molecule has 0 aliphatic rings. The molecule has 0 aliphatic carbocycles. The number of hydrogen-bond acceptors (Lipinski definition) is 1.